The molecule has 4 heteroatoms. The van der Waals surface area contributed by atoms with Gasteiger partial charge >= 0.3 is 5.97 Å². The molecule has 4 nitrogen and oxygen atoms in total. The number of hydrogen-bond acceptors (Lipinski definition) is 2. The quantitative estimate of drug-likeness (QED) is 0.870. The Morgan fingerprint density at radius 2 is 1.86 bits per heavy atom. The molecule has 3 aliphatic rings. The van der Waals surface area contributed by atoms with E-state index in [2.05, 4.69) is 6.92 Å². The first-order valence-corrected chi connectivity index (χ1v) is 8.57. The van der Waals surface area contributed by atoms with Crippen molar-refractivity contribution in [3.8, 4) is 0 Å². The highest BCUT2D eigenvalue weighted by molar-refractivity contribution is 5.85. The molecule has 0 aromatic rings. The Morgan fingerprint density at radius 1 is 1.14 bits per heavy atom. The normalized spacial score (nSPS) is 34.7. The highest BCUT2D eigenvalue weighted by Gasteiger charge is 2.57. The summed E-state index contributed by atoms with van der Waals surface area (Å²) in [5.41, 5.74) is -0.837. The third-order valence-corrected chi connectivity index (χ3v) is 6.52. The Morgan fingerprint density at radius 3 is 2.43 bits per heavy atom. The molecular formula is C17H27NO3. The van der Waals surface area contributed by atoms with Crippen LogP contribution >= 0.6 is 0 Å². The van der Waals surface area contributed by atoms with Crippen LogP contribution in [0.15, 0.2) is 0 Å². The average molecular weight is 293 g/mol. The van der Waals surface area contributed by atoms with Crippen molar-refractivity contribution < 1.29 is 14.7 Å². The van der Waals surface area contributed by atoms with Crippen LogP contribution in [0, 0.1) is 16.7 Å². The lowest BCUT2D eigenvalue weighted by Crippen LogP contribution is -2.45. The predicted molar refractivity (Wildman–Crippen MR) is 79.8 cm³/mol. The summed E-state index contributed by atoms with van der Waals surface area (Å²) in [5.74, 6) is -0.259. The summed E-state index contributed by atoms with van der Waals surface area (Å²) in [4.78, 5) is 26.8. The van der Waals surface area contributed by atoms with Gasteiger partial charge in [-0.1, -0.05) is 32.6 Å². The first-order valence-electron chi connectivity index (χ1n) is 8.57. The van der Waals surface area contributed by atoms with Crippen molar-refractivity contribution >= 4 is 11.9 Å². The molecule has 0 bridgehead atoms. The number of carboxylic acids is 1. The summed E-state index contributed by atoms with van der Waals surface area (Å²) < 4.78 is 0. The molecule has 1 heterocycles. The van der Waals surface area contributed by atoms with Crippen molar-refractivity contribution in [1.29, 1.82) is 0 Å². The summed E-state index contributed by atoms with van der Waals surface area (Å²) in [7, 11) is 0. The van der Waals surface area contributed by atoms with E-state index >= 15 is 0 Å². The molecule has 21 heavy (non-hydrogen) atoms. The fourth-order valence-electron chi connectivity index (χ4n) is 5.08. The van der Waals surface area contributed by atoms with Crippen LogP contribution in [0.1, 0.15) is 64.7 Å². The minimum atomic E-state index is -0.686. The number of hydrogen-bond donors (Lipinski definition) is 1. The van der Waals surface area contributed by atoms with E-state index in [1.54, 1.807) is 0 Å². The maximum absolute atomic E-state index is 13.1. The topological polar surface area (TPSA) is 57.6 Å². The lowest BCUT2D eigenvalue weighted by molar-refractivity contribution is -0.150. The molecule has 1 aliphatic heterocycles. The first-order chi connectivity index (χ1) is 10.0. The van der Waals surface area contributed by atoms with E-state index in [0.717, 1.165) is 51.4 Å². The zero-order valence-electron chi connectivity index (χ0n) is 13.1. The average Bonchev–Trinajstić information content (AvgIpc) is 3.05. The van der Waals surface area contributed by atoms with Crippen molar-refractivity contribution in [2.24, 2.45) is 16.7 Å². The SMILES string of the molecule is CCC1(C(=O)N2C[C@@H]3CCC[C@@]3(C(=O)O)C2)CCCCC1. The van der Waals surface area contributed by atoms with Gasteiger partial charge in [-0.15, -0.1) is 0 Å². The zero-order valence-corrected chi connectivity index (χ0v) is 13.1. The van der Waals surface area contributed by atoms with E-state index in [1.165, 1.54) is 6.42 Å². The monoisotopic (exact) mass is 293 g/mol. The van der Waals surface area contributed by atoms with Crippen LogP contribution in [0.4, 0.5) is 0 Å². The molecule has 0 aromatic heterocycles. The highest BCUT2D eigenvalue weighted by Crippen LogP contribution is 2.51. The van der Waals surface area contributed by atoms with Crippen LogP contribution in [0.25, 0.3) is 0 Å². The summed E-state index contributed by atoms with van der Waals surface area (Å²) in [5, 5.41) is 9.67. The second kappa shape index (κ2) is 5.29. The standard InChI is InChI=1S/C17H27NO3/c1-2-16(8-4-3-5-9-16)14(19)18-11-13-7-6-10-17(13,12-18)15(20)21/h13H,2-12H2,1H3,(H,20,21)/t13-,17+/m0/s1. The number of rotatable bonds is 3. The van der Waals surface area contributed by atoms with Crippen LogP contribution in [-0.4, -0.2) is 35.0 Å². The fraction of sp³-hybridized carbons (Fsp3) is 0.882. The molecule has 1 amide bonds. The zero-order chi connectivity index (χ0) is 15.1. The van der Waals surface area contributed by atoms with Crippen molar-refractivity contribution in [2.45, 2.75) is 64.7 Å². The van der Waals surface area contributed by atoms with E-state index in [0.29, 0.717) is 13.1 Å². The molecule has 0 radical (unpaired) electrons. The Kier molecular flexibility index (Phi) is 3.74. The second-order valence-corrected chi connectivity index (χ2v) is 7.43. The Bertz CT molecular complexity index is 441. The second-order valence-electron chi connectivity index (χ2n) is 7.43. The van der Waals surface area contributed by atoms with Crippen LogP contribution < -0.4 is 0 Å². The van der Waals surface area contributed by atoms with E-state index in [4.69, 9.17) is 0 Å². The van der Waals surface area contributed by atoms with Crippen LogP contribution in [0.3, 0.4) is 0 Å². The van der Waals surface area contributed by atoms with Gasteiger partial charge < -0.3 is 10.0 Å². The molecule has 0 spiro atoms. The number of fused-ring (bicyclic) bond motifs is 1. The molecule has 3 rings (SSSR count). The number of carbonyl (C=O) groups excluding carboxylic acids is 1. The van der Waals surface area contributed by atoms with E-state index in [1.807, 2.05) is 4.90 Å². The lowest BCUT2D eigenvalue weighted by Gasteiger charge is -2.38. The van der Waals surface area contributed by atoms with E-state index < -0.39 is 11.4 Å². The molecule has 2 aliphatic carbocycles. The smallest absolute Gasteiger partial charge is 0.311 e. The van der Waals surface area contributed by atoms with Crippen LogP contribution in [0.5, 0.6) is 0 Å². The summed E-state index contributed by atoms with van der Waals surface area (Å²) in [6, 6.07) is 0. The number of nitrogens with zero attached hydrogens (tertiary/aromatic N) is 1. The van der Waals surface area contributed by atoms with Gasteiger partial charge in [-0.2, -0.15) is 0 Å². The number of carbonyl (C=O) groups is 2. The molecule has 0 unspecified atom stereocenters. The van der Waals surface area contributed by atoms with Crippen molar-refractivity contribution in [3.63, 3.8) is 0 Å². The Hall–Kier alpha value is -1.06. The molecule has 2 saturated carbocycles. The third kappa shape index (κ3) is 2.18. The van der Waals surface area contributed by atoms with Gasteiger partial charge in [0.2, 0.25) is 5.91 Å². The van der Waals surface area contributed by atoms with Crippen LogP contribution in [-0.2, 0) is 9.59 Å². The third-order valence-electron chi connectivity index (χ3n) is 6.52. The van der Waals surface area contributed by atoms with Gasteiger partial charge in [0.25, 0.3) is 0 Å². The van der Waals surface area contributed by atoms with Crippen molar-refractivity contribution in [1.82, 2.24) is 4.90 Å². The van der Waals surface area contributed by atoms with Gasteiger partial charge in [0.05, 0.1) is 5.41 Å². The van der Waals surface area contributed by atoms with Gasteiger partial charge in [0, 0.05) is 18.5 Å². The first kappa shape index (κ1) is 14.9. The number of likely N-dealkylation sites (tertiary alicyclic amines) is 1. The van der Waals surface area contributed by atoms with Crippen molar-refractivity contribution in [3.05, 3.63) is 0 Å². The lowest BCUT2D eigenvalue weighted by atomic mass is 9.71. The summed E-state index contributed by atoms with van der Waals surface area (Å²) in [6.07, 6.45) is 9.10. The molecule has 1 saturated heterocycles. The van der Waals surface area contributed by atoms with Gasteiger partial charge in [-0.05, 0) is 38.0 Å². The van der Waals surface area contributed by atoms with E-state index in [-0.39, 0.29) is 17.2 Å². The summed E-state index contributed by atoms with van der Waals surface area (Å²) in [6.45, 7) is 3.24. The highest BCUT2D eigenvalue weighted by atomic mass is 16.4. The predicted octanol–water partition coefficient (Wildman–Crippen LogP) is 3.06. The molecule has 0 aromatic carbocycles. The molecular weight excluding hydrogens is 266 g/mol. The maximum atomic E-state index is 13.1. The van der Waals surface area contributed by atoms with Gasteiger partial charge in [0.1, 0.15) is 0 Å². The van der Waals surface area contributed by atoms with Gasteiger partial charge in [-0.25, -0.2) is 0 Å². The van der Waals surface area contributed by atoms with Crippen LogP contribution in [0.2, 0.25) is 0 Å². The van der Waals surface area contributed by atoms with Crippen molar-refractivity contribution in [2.75, 3.05) is 13.1 Å². The molecule has 118 valence electrons. The Labute approximate surface area is 126 Å². The number of amides is 1. The largest absolute Gasteiger partial charge is 0.481 e. The van der Waals surface area contributed by atoms with Gasteiger partial charge in [0.15, 0.2) is 0 Å². The maximum Gasteiger partial charge on any atom is 0.311 e. The minimum absolute atomic E-state index is 0.177. The fourth-order valence-corrected chi connectivity index (χ4v) is 5.08. The molecule has 3 fully saturated rings. The molecule has 1 N–H and O–H groups in total. The van der Waals surface area contributed by atoms with E-state index in [9.17, 15) is 14.7 Å². The number of carboxylic acid groups (broad SMARTS) is 1. The Balaban J connectivity index is 1.79. The minimum Gasteiger partial charge on any atom is -0.481 e. The summed E-state index contributed by atoms with van der Waals surface area (Å²) >= 11 is 0. The van der Waals surface area contributed by atoms with Gasteiger partial charge in [-0.3, -0.25) is 9.59 Å². The number of aliphatic carboxylic acids is 1. The molecule has 2 atom stereocenters.